The molecule has 0 atom stereocenters. The molecule has 0 aliphatic heterocycles. The van der Waals surface area contributed by atoms with Gasteiger partial charge in [-0.3, -0.25) is 9.59 Å². The molecule has 0 heterocycles. The number of hydrogen-bond acceptors (Lipinski definition) is 4. The van der Waals surface area contributed by atoms with Gasteiger partial charge < -0.3 is 15.0 Å². The van der Waals surface area contributed by atoms with Crippen LogP contribution in [0.5, 0.6) is 0 Å². The minimum absolute atomic E-state index is 0.0382. The second-order valence-corrected chi connectivity index (χ2v) is 4.15. The van der Waals surface area contributed by atoms with Crippen LogP contribution >= 0.6 is 0 Å². The molecule has 0 saturated heterocycles. The Balaban J connectivity index is 2.68. The zero-order chi connectivity index (χ0) is 15.1. The van der Waals surface area contributed by atoms with Crippen molar-refractivity contribution in [2.45, 2.75) is 13.8 Å². The molecule has 108 valence electrons. The molecule has 1 aromatic rings. The zero-order valence-corrected chi connectivity index (χ0v) is 11.8. The molecule has 0 aliphatic rings. The summed E-state index contributed by atoms with van der Waals surface area (Å²) in [6, 6.07) is 6.15. The SMILES string of the molecule is CCN(CC(=O)OC)C(=O)Nc1ccc(C(C)=O)cc1. The summed E-state index contributed by atoms with van der Waals surface area (Å²) in [6.07, 6.45) is 0. The third kappa shape index (κ3) is 4.38. The highest BCUT2D eigenvalue weighted by Crippen LogP contribution is 2.11. The number of amides is 2. The van der Waals surface area contributed by atoms with Crippen LogP contribution in [0.3, 0.4) is 0 Å². The van der Waals surface area contributed by atoms with Gasteiger partial charge in [0.15, 0.2) is 5.78 Å². The molecule has 0 saturated carbocycles. The highest BCUT2D eigenvalue weighted by atomic mass is 16.5. The number of methoxy groups -OCH3 is 1. The Morgan fingerprint density at radius 3 is 2.25 bits per heavy atom. The molecule has 1 aromatic carbocycles. The predicted molar refractivity (Wildman–Crippen MR) is 74.7 cm³/mol. The van der Waals surface area contributed by atoms with E-state index in [1.165, 1.54) is 18.9 Å². The number of carbonyl (C=O) groups excluding carboxylic acids is 3. The molecule has 20 heavy (non-hydrogen) atoms. The number of hydrogen-bond donors (Lipinski definition) is 1. The van der Waals surface area contributed by atoms with E-state index in [0.29, 0.717) is 17.8 Å². The first-order chi connectivity index (χ1) is 9.47. The van der Waals surface area contributed by atoms with Gasteiger partial charge in [0, 0.05) is 17.8 Å². The first kappa shape index (κ1) is 15.7. The Morgan fingerprint density at radius 2 is 1.80 bits per heavy atom. The van der Waals surface area contributed by atoms with Crippen molar-refractivity contribution in [1.82, 2.24) is 4.90 Å². The van der Waals surface area contributed by atoms with E-state index < -0.39 is 12.0 Å². The number of benzene rings is 1. The lowest BCUT2D eigenvalue weighted by Crippen LogP contribution is -2.38. The highest BCUT2D eigenvalue weighted by Gasteiger charge is 2.15. The Labute approximate surface area is 117 Å². The average Bonchev–Trinajstić information content (AvgIpc) is 2.44. The number of ketones is 1. The fourth-order valence-corrected chi connectivity index (χ4v) is 1.54. The summed E-state index contributed by atoms with van der Waals surface area (Å²) >= 11 is 0. The van der Waals surface area contributed by atoms with E-state index in [4.69, 9.17) is 0 Å². The Kier molecular flexibility index (Phi) is 5.71. The fourth-order valence-electron chi connectivity index (χ4n) is 1.54. The molecule has 6 nitrogen and oxygen atoms in total. The van der Waals surface area contributed by atoms with Crippen LogP contribution < -0.4 is 5.32 Å². The summed E-state index contributed by atoms with van der Waals surface area (Å²) in [4.78, 5) is 35.6. The fraction of sp³-hybridized carbons (Fsp3) is 0.357. The van der Waals surface area contributed by atoms with Crippen LogP contribution in [-0.2, 0) is 9.53 Å². The number of anilines is 1. The van der Waals surface area contributed by atoms with Crippen molar-refractivity contribution < 1.29 is 19.1 Å². The molecule has 0 aromatic heterocycles. The van der Waals surface area contributed by atoms with E-state index in [9.17, 15) is 14.4 Å². The highest BCUT2D eigenvalue weighted by molar-refractivity contribution is 5.95. The third-order valence-electron chi connectivity index (χ3n) is 2.76. The molecule has 1 rings (SSSR count). The number of esters is 1. The molecule has 0 bridgehead atoms. The molecule has 0 radical (unpaired) electrons. The van der Waals surface area contributed by atoms with Crippen LogP contribution in [0.15, 0.2) is 24.3 Å². The lowest BCUT2D eigenvalue weighted by molar-refractivity contribution is -0.141. The van der Waals surface area contributed by atoms with Gasteiger partial charge in [0.25, 0.3) is 0 Å². The van der Waals surface area contributed by atoms with Crippen molar-refractivity contribution in [2.75, 3.05) is 25.5 Å². The smallest absolute Gasteiger partial charge is 0.325 e. The topological polar surface area (TPSA) is 75.7 Å². The number of rotatable bonds is 5. The van der Waals surface area contributed by atoms with Crippen molar-refractivity contribution in [1.29, 1.82) is 0 Å². The van der Waals surface area contributed by atoms with Gasteiger partial charge >= 0.3 is 12.0 Å². The average molecular weight is 278 g/mol. The first-order valence-electron chi connectivity index (χ1n) is 6.21. The minimum Gasteiger partial charge on any atom is -0.468 e. The second kappa shape index (κ2) is 7.28. The molecule has 6 heteroatoms. The number of Topliss-reactive ketones (excluding diaryl/α,β-unsaturated/α-hetero) is 1. The predicted octanol–water partition coefficient (Wildman–Crippen LogP) is 1.92. The number of likely N-dealkylation sites (N-methyl/N-ethyl adjacent to an activating group) is 1. The van der Waals surface area contributed by atoms with Crippen molar-refractivity contribution >= 4 is 23.5 Å². The number of nitrogens with zero attached hydrogens (tertiary/aromatic N) is 1. The van der Waals surface area contributed by atoms with E-state index in [1.54, 1.807) is 31.2 Å². The number of nitrogens with one attached hydrogen (secondary N) is 1. The van der Waals surface area contributed by atoms with Gasteiger partial charge in [-0.15, -0.1) is 0 Å². The summed E-state index contributed by atoms with van der Waals surface area (Å²) in [6.45, 7) is 3.51. The molecule has 2 amide bonds. The maximum absolute atomic E-state index is 12.0. The Bertz CT molecular complexity index is 496. The van der Waals surface area contributed by atoms with Gasteiger partial charge in [0.05, 0.1) is 7.11 Å². The molecular formula is C14H18N2O4. The summed E-state index contributed by atoms with van der Waals surface area (Å²) in [5.41, 5.74) is 1.13. The largest absolute Gasteiger partial charge is 0.468 e. The normalized spacial score (nSPS) is 9.75. The number of ether oxygens (including phenoxy) is 1. The van der Waals surface area contributed by atoms with Crippen molar-refractivity contribution in [3.05, 3.63) is 29.8 Å². The van der Waals surface area contributed by atoms with Crippen LogP contribution in [0.1, 0.15) is 24.2 Å². The van der Waals surface area contributed by atoms with Crippen molar-refractivity contribution in [3.63, 3.8) is 0 Å². The Morgan fingerprint density at radius 1 is 1.20 bits per heavy atom. The molecule has 0 fully saturated rings. The van der Waals surface area contributed by atoms with E-state index >= 15 is 0 Å². The van der Waals surface area contributed by atoms with E-state index in [0.717, 1.165) is 0 Å². The Hall–Kier alpha value is -2.37. The van der Waals surface area contributed by atoms with Gasteiger partial charge in [-0.25, -0.2) is 4.79 Å². The van der Waals surface area contributed by atoms with Crippen LogP contribution in [-0.4, -0.2) is 42.9 Å². The van der Waals surface area contributed by atoms with Crippen molar-refractivity contribution in [3.8, 4) is 0 Å². The minimum atomic E-state index is -0.478. The summed E-state index contributed by atoms with van der Waals surface area (Å²) in [7, 11) is 1.27. The molecule has 0 spiro atoms. The summed E-state index contributed by atoms with van der Waals surface area (Å²) in [5.74, 6) is -0.516. The van der Waals surface area contributed by atoms with Crippen LogP contribution in [0.2, 0.25) is 0 Å². The summed E-state index contributed by atoms with van der Waals surface area (Å²) < 4.78 is 4.53. The summed E-state index contributed by atoms with van der Waals surface area (Å²) in [5, 5.41) is 2.66. The molecule has 1 N–H and O–H groups in total. The standard InChI is InChI=1S/C14H18N2O4/c1-4-16(9-13(18)20-3)14(19)15-12-7-5-11(6-8-12)10(2)17/h5-8H,4,9H2,1-3H3,(H,15,19). The second-order valence-electron chi connectivity index (χ2n) is 4.15. The molecule has 0 aliphatic carbocycles. The third-order valence-corrected chi connectivity index (χ3v) is 2.76. The van der Waals surface area contributed by atoms with E-state index in [2.05, 4.69) is 10.1 Å². The first-order valence-corrected chi connectivity index (χ1v) is 6.21. The van der Waals surface area contributed by atoms with Gasteiger partial charge in [-0.05, 0) is 38.1 Å². The van der Waals surface area contributed by atoms with Crippen LogP contribution in [0, 0.1) is 0 Å². The van der Waals surface area contributed by atoms with E-state index in [1.807, 2.05) is 0 Å². The lowest BCUT2D eigenvalue weighted by atomic mass is 10.1. The number of urea groups is 1. The van der Waals surface area contributed by atoms with Crippen LogP contribution in [0.25, 0.3) is 0 Å². The zero-order valence-electron chi connectivity index (χ0n) is 11.8. The van der Waals surface area contributed by atoms with Gasteiger partial charge in [0.2, 0.25) is 0 Å². The van der Waals surface area contributed by atoms with Crippen LogP contribution in [0.4, 0.5) is 10.5 Å². The van der Waals surface area contributed by atoms with Gasteiger partial charge in [-0.1, -0.05) is 0 Å². The molecular weight excluding hydrogens is 260 g/mol. The van der Waals surface area contributed by atoms with E-state index in [-0.39, 0.29) is 12.3 Å². The lowest BCUT2D eigenvalue weighted by Gasteiger charge is -2.20. The monoisotopic (exact) mass is 278 g/mol. The van der Waals surface area contributed by atoms with Gasteiger partial charge in [0.1, 0.15) is 6.54 Å². The maximum Gasteiger partial charge on any atom is 0.325 e. The van der Waals surface area contributed by atoms with Crippen molar-refractivity contribution in [2.24, 2.45) is 0 Å². The molecule has 0 unspecified atom stereocenters. The number of carbonyl (C=O) groups is 3. The quantitative estimate of drug-likeness (QED) is 0.659. The van der Waals surface area contributed by atoms with Gasteiger partial charge in [-0.2, -0.15) is 0 Å². The maximum atomic E-state index is 12.0.